The molecule has 2 heterocycles. The summed E-state index contributed by atoms with van der Waals surface area (Å²) in [6, 6.07) is 9.39. The fraction of sp³-hybridized carbons (Fsp3) is 0.133. The van der Waals surface area contributed by atoms with E-state index in [9.17, 15) is 4.79 Å². The molecular formula is C15H13N3OS. The standard InChI is InChI=1S/C15H13N3OS/c1-9(16)15-18-13(8-20-15)14(19)11-6-10-4-2-3-5-12(10)17-7-11/h2-9H,16H2,1H3. The molecule has 3 aromatic rings. The first-order chi connectivity index (χ1) is 9.65. The summed E-state index contributed by atoms with van der Waals surface area (Å²) < 4.78 is 0. The zero-order chi connectivity index (χ0) is 14.1. The van der Waals surface area contributed by atoms with Crippen LogP contribution in [0.2, 0.25) is 0 Å². The number of aromatic nitrogens is 2. The quantitative estimate of drug-likeness (QED) is 0.750. The number of fused-ring (bicyclic) bond motifs is 1. The van der Waals surface area contributed by atoms with Crippen molar-refractivity contribution in [1.29, 1.82) is 0 Å². The summed E-state index contributed by atoms with van der Waals surface area (Å²) in [7, 11) is 0. The Morgan fingerprint density at radius 2 is 2.15 bits per heavy atom. The molecule has 3 rings (SSSR count). The maximum Gasteiger partial charge on any atom is 0.213 e. The van der Waals surface area contributed by atoms with Crippen LogP contribution >= 0.6 is 11.3 Å². The maximum atomic E-state index is 12.4. The Morgan fingerprint density at radius 3 is 2.90 bits per heavy atom. The van der Waals surface area contributed by atoms with Gasteiger partial charge in [-0.3, -0.25) is 9.78 Å². The van der Waals surface area contributed by atoms with Crippen molar-refractivity contribution in [3.63, 3.8) is 0 Å². The van der Waals surface area contributed by atoms with Crippen molar-refractivity contribution in [2.45, 2.75) is 13.0 Å². The van der Waals surface area contributed by atoms with Crippen molar-refractivity contribution in [3.8, 4) is 0 Å². The Balaban J connectivity index is 1.98. The first-order valence-electron chi connectivity index (χ1n) is 6.25. The molecule has 1 unspecified atom stereocenters. The average Bonchev–Trinajstić information content (AvgIpc) is 2.96. The highest BCUT2D eigenvalue weighted by molar-refractivity contribution is 7.09. The number of carbonyl (C=O) groups is 1. The van der Waals surface area contributed by atoms with Gasteiger partial charge in [0.25, 0.3) is 0 Å². The van der Waals surface area contributed by atoms with Crippen LogP contribution in [0.3, 0.4) is 0 Å². The summed E-state index contributed by atoms with van der Waals surface area (Å²) in [6.07, 6.45) is 1.59. The SMILES string of the molecule is CC(N)c1nc(C(=O)c2cnc3ccccc3c2)cs1. The highest BCUT2D eigenvalue weighted by Crippen LogP contribution is 2.20. The minimum absolute atomic E-state index is 0.119. The topological polar surface area (TPSA) is 68.9 Å². The van der Waals surface area contributed by atoms with Crippen LogP contribution in [0.25, 0.3) is 10.9 Å². The zero-order valence-electron chi connectivity index (χ0n) is 10.9. The van der Waals surface area contributed by atoms with Gasteiger partial charge in [-0.15, -0.1) is 11.3 Å². The summed E-state index contributed by atoms with van der Waals surface area (Å²) in [5.74, 6) is -0.119. The number of para-hydroxylation sites is 1. The van der Waals surface area contributed by atoms with Gasteiger partial charge in [0.05, 0.1) is 11.6 Å². The number of thiazole rings is 1. The molecule has 100 valence electrons. The molecule has 0 radical (unpaired) electrons. The normalized spacial score (nSPS) is 12.5. The second kappa shape index (κ2) is 5.11. The lowest BCUT2D eigenvalue weighted by atomic mass is 10.1. The summed E-state index contributed by atoms with van der Waals surface area (Å²) in [4.78, 5) is 21.0. The molecule has 2 N–H and O–H groups in total. The molecule has 20 heavy (non-hydrogen) atoms. The molecule has 0 aliphatic rings. The van der Waals surface area contributed by atoms with Gasteiger partial charge >= 0.3 is 0 Å². The molecule has 5 heteroatoms. The van der Waals surface area contributed by atoms with E-state index in [1.165, 1.54) is 11.3 Å². The lowest BCUT2D eigenvalue weighted by Gasteiger charge is -2.01. The largest absolute Gasteiger partial charge is 0.322 e. The number of nitrogens with zero attached hydrogens (tertiary/aromatic N) is 2. The second-order valence-corrected chi connectivity index (χ2v) is 5.50. The Bertz CT molecular complexity index is 779. The number of rotatable bonds is 3. The van der Waals surface area contributed by atoms with Gasteiger partial charge in [-0.2, -0.15) is 0 Å². The van der Waals surface area contributed by atoms with E-state index in [0.29, 0.717) is 11.3 Å². The minimum atomic E-state index is -0.156. The number of benzene rings is 1. The van der Waals surface area contributed by atoms with Gasteiger partial charge in [0.2, 0.25) is 5.78 Å². The van der Waals surface area contributed by atoms with Crippen LogP contribution in [0.4, 0.5) is 0 Å². The first kappa shape index (κ1) is 12.9. The van der Waals surface area contributed by atoms with E-state index in [1.54, 1.807) is 11.6 Å². The van der Waals surface area contributed by atoms with Crippen molar-refractivity contribution in [1.82, 2.24) is 9.97 Å². The second-order valence-electron chi connectivity index (χ2n) is 4.61. The van der Waals surface area contributed by atoms with Crippen molar-refractivity contribution in [3.05, 3.63) is 58.2 Å². The van der Waals surface area contributed by atoms with Gasteiger partial charge in [-0.25, -0.2) is 4.98 Å². The molecule has 0 bridgehead atoms. The van der Waals surface area contributed by atoms with Crippen LogP contribution in [0.15, 0.2) is 41.9 Å². The molecule has 0 amide bonds. The van der Waals surface area contributed by atoms with E-state index >= 15 is 0 Å². The predicted octanol–water partition coefficient (Wildman–Crippen LogP) is 2.94. The fourth-order valence-electron chi connectivity index (χ4n) is 1.94. The minimum Gasteiger partial charge on any atom is -0.322 e. The van der Waals surface area contributed by atoms with E-state index in [4.69, 9.17) is 5.73 Å². The average molecular weight is 283 g/mol. The molecule has 2 aromatic heterocycles. The molecule has 1 atom stereocenters. The number of pyridine rings is 1. The molecule has 0 spiro atoms. The molecule has 0 saturated heterocycles. The number of carbonyl (C=O) groups excluding carboxylic acids is 1. The predicted molar refractivity (Wildman–Crippen MR) is 79.9 cm³/mol. The van der Waals surface area contributed by atoms with Crippen LogP contribution in [-0.4, -0.2) is 15.8 Å². The van der Waals surface area contributed by atoms with Gasteiger partial charge < -0.3 is 5.73 Å². The molecule has 1 aromatic carbocycles. The maximum absolute atomic E-state index is 12.4. The molecule has 0 aliphatic carbocycles. The smallest absolute Gasteiger partial charge is 0.213 e. The van der Waals surface area contributed by atoms with E-state index in [2.05, 4.69) is 9.97 Å². The van der Waals surface area contributed by atoms with E-state index < -0.39 is 0 Å². The Kier molecular flexibility index (Phi) is 3.30. The molecule has 0 fully saturated rings. The van der Waals surface area contributed by atoms with Crippen LogP contribution in [0, 0.1) is 0 Å². The Labute approximate surface area is 120 Å². The lowest BCUT2D eigenvalue weighted by molar-refractivity contribution is 0.103. The highest BCUT2D eigenvalue weighted by Gasteiger charge is 2.15. The third-order valence-corrected chi connectivity index (χ3v) is 4.04. The molecular weight excluding hydrogens is 270 g/mol. The number of nitrogens with two attached hydrogens (primary N) is 1. The summed E-state index contributed by atoms with van der Waals surface area (Å²) in [5.41, 5.74) is 7.61. The van der Waals surface area contributed by atoms with Crippen molar-refractivity contribution in [2.75, 3.05) is 0 Å². The highest BCUT2D eigenvalue weighted by atomic mass is 32.1. The first-order valence-corrected chi connectivity index (χ1v) is 7.13. The fourth-order valence-corrected chi connectivity index (χ4v) is 2.70. The third kappa shape index (κ3) is 2.33. The number of ketones is 1. The van der Waals surface area contributed by atoms with Crippen LogP contribution < -0.4 is 5.73 Å². The number of hydrogen-bond donors (Lipinski definition) is 1. The van der Waals surface area contributed by atoms with Crippen molar-refractivity contribution >= 4 is 28.0 Å². The van der Waals surface area contributed by atoms with E-state index in [1.807, 2.05) is 37.3 Å². The summed E-state index contributed by atoms with van der Waals surface area (Å²) in [5, 5.41) is 3.46. The Hall–Kier alpha value is -2.11. The van der Waals surface area contributed by atoms with E-state index in [0.717, 1.165) is 15.9 Å². The van der Waals surface area contributed by atoms with Gasteiger partial charge in [0.15, 0.2) is 0 Å². The van der Waals surface area contributed by atoms with Crippen LogP contribution in [0.5, 0.6) is 0 Å². The molecule has 0 aliphatic heterocycles. The molecule has 0 saturated carbocycles. The van der Waals surface area contributed by atoms with Crippen LogP contribution in [-0.2, 0) is 0 Å². The zero-order valence-corrected chi connectivity index (χ0v) is 11.7. The van der Waals surface area contributed by atoms with E-state index in [-0.39, 0.29) is 11.8 Å². The van der Waals surface area contributed by atoms with Crippen molar-refractivity contribution < 1.29 is 4.79 Å². The van der Waals surface area contributed by atoms with Crippen LogP contribution in [0.1, 0.15) is 34.0 Å². The van der Waals surface area contributed by atoms with Gasteiger partial charge in [-0.1, -0.05) is 18.2 Å². The van der Waals surface area contributed by atoms with Gasteiger partial charge in [0.1, 0.15) is 10.7 Å². The lowest BCUT2D eigenvalue weighted by Crippen LogP contribution is -2.07. The Morgan fingerprint density at radius 1 is 1.35 bits per heavy atom. The van der Waals surface area contributed by atoms with Crippen molar-refractivity contribution in [2.24, 2.45) is 5.73 Å². The monoisotopic (exact) mass is 283 g/mol. The van der Waals surface area contributed by atoms with Gasteiger partial charge in [-0.05, 0) is 19.1 Å². The number of hydrogen-bond acceptors (Lipinski definition) is 5. The third-order valence-electron chi connectivity index (χ3n) is 3.00. The summed E-state index contributed by atoms with van der Waals surface area (Å²) >= 11 is 1.41. The molecule has 4 nitrogen and oxygen atoms in total. The van der Waals surface area contributed by atoms with Gasteiger partial charge in [0, 0.05) is 22.5 Å². The summed E-state index contributed by atoms with van der Waals surface area (Å²) in [6.45, 7) is 1.85.